The van der Waals surface area contributed by atoms with E-state index in [2.05, 4.69) is 47.8 Å². The second-order valence-corrected chi connectivity index (χ2v) is 10.7. The lowest BCUT2D eigenvalue weighted by atomic mass is 9.84. The van der Waals surface area contributed by atoms with Crippen molar-refractivity contribution in [3.05, 3.63) is 58.7 Å². The zero-order chi connectivity index (χ0) is 25.3. The molecule has 3 aliphatic rings. The second kappa shape index (κ2) is 9.93. The fourth-order valence-electron chi connectivity index (χ4n) is 4.83. The summed E-state index contributed by atoms with van der Waals surface area (Å²) in [4.78, 5) is 32.3. The van der Waals surface area contributed by atoms with Crippen molar-refractivity contribution in [1.82, 2.24) is 15.5 Å². The molecule has 0 spiro atoms. The molecule has 8 heteroatoms. The summed E-state index contributed by atoms with van der Waals surface area (Å²) in [6, 6.07) is 11.7. The van der Waals surface area contributed by atoms with Crippen molar-refractivity contribution >= 4 is 29.1 Å². The summed E-state index contributed by atoms with van der Waals surface area (Å²) >= 11 is 0. The lowest BCUT2D eigenvalue weighted by Crippen LogP contribution is -2.41. The maximum Gasteiger partial charge on any atom is 0.280 e. The van der Waals surface area contributed by atoms with Crippen LogP contribution in [0.3, 0.4) is 0 Å². The van der Waals surface area contributed by atoms with E-state index in [1.807, 2.05) is 35.2 Å². The van der Waals surface area contributed by atoms with Gasteiger partial charge in [0.25, 0.3) is 11.8 Å². The van der Waals surface area contributed by atoms with Crippen LogP contribution in [0.2, 0.25) is 0 Å². The molecule has 0 aromatic heterocycles. The van der Waals surface area contributed by atoms with E-state index in [1.165, 1.54) is 0 Å². The molecule has 2 heterocycles. The van der Waals surface area contributed by atoms with Crippen LogP contribution in [0.1, 0.15) is 71.4 Å². The van der Waals surface area contributed by atoms with Gasteiger partial charge in [0.1, 0.15) is 0 Å². The molecule has 2 aromatic carbocycles. The minimum atomic E-state index is -0.277. The highest BCUT2D eigenvalue weighted by Crippen LogP contribution is 2.46. The minimum absolute atomic E-state index is 0.0779. The van der Waals surface area contributed by atoms with Gasteiger partial charge in [-0.2, -0.15) is 4.99 Å². The van der Waals surface area contributed by atoms with Gasteiger partial charge in [-0.3, -0.25) is 9.59 Å². The van der Waals surface area contributed by atoms with Crippen LogP contribution < -0.4 is 16.0 Å². The molecule has 36 heavy (non-hydrogen) atoms. The van der Waals surface area contributed by atoms with Gasteiger partial charge in [-0.1, -0.05) is 26.8 Å². The number of benzene rings is 2. The molecule has 8 nitrogen and oxygen atoms in total. The predicted molar refractivity (Wildman–Crippen MR) is 141 cm³/mol. The zero-order valence-electron chi connectivity index (χ0n) is 21.3. The molecule has 2 aromatic rings. The number of anilines is 2. The highest BCUT2D eigenvalue weighted by atomic mass is 16.5. The van der Waals surface area contributed by atoms with E-state index in [-0.39, 0.29) is 17.2 Å². The molecule has 0 atom stereocenters. The molecule has 190 valence electrons. The van der Waals surface area contributed by atoms with Crippen LogP contribution in [0, 0.1) is 0 Å². The van der Waals surface area contributed by atoms with E-state index in [4.69, 9.17) is 4.74 Å². The average Bonchev–Trinajstić information content (AvgIpc) is 3.58. The van der Waals surface area contributed by atoms with Crippen LogP contribution in [-0.4, -0.2) is 62.1 Å². The number of carbonyl (C=O) groups is 2. The number of guanidine groups is 1. The molecule has 0 bridgehead atoms. The van der Waals surface area contributed by atoms with Gasteiger partial charge in [0.05, 0.1) is 13.2 Å². The average molecular weight is 490 g/mol. The lowest BCUT2D eigenvalue weighted by molar-refractivity contribution is 0.0302. The van der Waals surface area contributed by atoms with Crippen LogP contribution in [0.15, 0.2) is 41.4 Å². The molecule has 0 radical (unpaired) electrons. The number of morpholine rings is 1. The smallest absolute Gasteiger partial charge is 0.280 e. The van der Waals surface area contributed by atoms with Crippen molar-refractivity contribution < 1.29 is 14.3 Å². The molecule has 2 saturated heterocycles. The Kier molecular flexibility index (Phi) is 6.71. The topological polar surface area (TPSA) is 95.1 Å². The number of amides is 2. The van der Waals surface area contributed by atoms with Crippen LogP contribution in [0.25, 0.3) is 0 Å². The monoisotopic (exact) mass is 489 g/mol. The number of hydrogen-bond acceptors (Lipinski definition) is 4. The molecular weight excluding hydrogens is 454 g/mol. The minimum Gasteiger partial charge on any atom is -0.378 e. The molecule has 0 unspecified atom stereocenters. The summed E-state index contributed by atoms with van der Waals surface area (Å²) in [6.07, 6.45) is 2.17. The van der Waals surface area contributed by atoms with Gasteiger partial charge < -0.3 is 25.6 Å². The summed E-state index contributed by atoms with van der Waals surface area (Å²) in [5.41, 5.74) is 5.12. The van der Waals surface area contributed by atoms with E-state index < -0.39 is 0 Å². The predicted octanol–water partition coefficient (Wildman–Crippen LogP) is 3.77. The third kappa shape index (κ3) is 5.23. The Bertz CT molecular complexity index is 1180. The molecular formula is C28H35N5O3. The van der Waals surface area contributed by atoms with E-state index in [0.717, 1.165) is 54.0 Å². The maximum absolute atomic E-state index is 13.4. The zero-order valence-corrected chi connectivity index (χ0v) is 21.3. The molecule has 1 aliphatic carbocycles. The summed E-state index contributed by atoms with van der Waals surface area (Å²) in [7, 11) is 0. The fourth-order valence-corrected chi connectivity index (χ4v) is 4.83. The first-order valence-corrected chi connectivity index (χ1v) is 12.8. The third-order valence-electron chi connectivity index (χ3n) is 6.89. The van der Waals surface area contributed by atoms with E-state index in [9.17, 15) is 9.59 Å². The number of ether oxygens (including phenoxy) is 1. The lowest BCUT2D eigenvalue weighted by Gasteiger charge is -2.29. The van der Waals surface area contributed by atoms with Crippen molar-refractivity contribution in [2.45, 2.75) is 44.9 Å². The Morgan fingerprint density at radius 3 is 2.42 bits per heavy atom. The molecule has 2 aliphatic heterocycles. The van der Waals surface area contributed by atoms with Crippen LogP contribution in [0.5, 0.6) is 0 Å². The highest BCUT2D eigenvalue weighted by molar-refractivity contribution is 6.03. The quantitative estimate of drug-likeness (QED) is 0.592. The van der Waals surface area contributed by atoms with Gasteiger partial charge >= 0.3 is 0 Å². The van der Waals surface area contributed by atoms with Crippen molar-refractivity contribution in [3.63, 3.8) is 0 Å². The largest absolute Gasteiger partial charge is 0.378 e. The fraction of sp³-hybridized carbons (Fsp3) is 0.464. The van der Waals surface area contributed by atoms with Gasteiger partial charge in [-0.15, -0.1) is 0 Å². The molecule has 5 rings (SSSR count). The first kappa shape index (κ1) is 24.3. The molecule has 1 saturated carbocycles. The van der Waals surface area contributed by atoms with Gasteiger partial charge in [-0.25, -0.2) is 0 Å². The van der Waals surface area contributed by atoms with Crippen molar-refractivity contribution in [2.24, 2.45) is 4.99 Å². The number of hydrogen-bond donors (Lipinski definition) is 3. The molecule has 3 fully saturated rings. The Morgan fingerprint density at radius 2 is 1.75 bits per heavy atom. The van der Waals surface area contributed by atoms with Crippen LogP contribution in [-0.2, 0) is 10.2 Å². The van der Waals surface area contributed by atoms with Crippen LogP contribution >= 0.6 is 0 Å². The summed E-state index contributed by atoms with van der Waals surface area (Å²) in [6.45, 7) is 10.3. The van der Waals surface area contributed by atoms with E-state index in [1.54, 1.807) is 0 Å². The Balaban J connectivity index is 1.48. The van der Waals surface area contributed by atoms with Crippen molar-refractivity contribution in [1.29, 1.82) is 0 Å². The SMILES string of the molecule is CC(C)(C)c1cc(C(=O)N=C2NCCN2)ccc1Nc1cccc(C(=O)N2CCOCC2)c1C1CC1. The van der Waals surface area contributed by atoms with Gasteiger partial charge in [0, 0.05) is 48.7 Å². The van der Waals surface area contributed by atoms with Crippen molar-refractivity contribution in [2.75, 3.05) is 44.7 Å². The van der Waals surface area contributed by atoms with Gasteiger partial charge in [-0.05, 0) is 65.6 Å². The summed E-state index contributed by atoms with van der Waals surface area (Å²) in [5.74, 6) is 0.708. The summed E-state index contributed by atoms with van der Waals surface area (Å²) in [5, 5.41) is 9.79. The van der Waals surface area contributed by atoms with Crippen molar-refractivity contribution in [3.8, 4) is 0 Å². The number of aliphatic imine (C=N–C) groups is 1. The third-order valence-corrected chi connectivity index (χ3v) is 6.89. The maximum atomic E-state index is 13.4. The second-order valence-electron chi connectivity index (χ2n) is 10.7. The number of nitrogens with one attached hydrogen (secondary N) is 3. The Hall–Kier alpha value is -3.39. The Labute approximate surface area is 212 Å². The normalized spacial score (nSPS) is 17.9. The van der Waals surface area contributed by atoms with Gasteiger partial charge in [0.15, 0.2) is 5.96 Å². The first-order valence-electron chi connectivity index (χ1n) is 12.8. The number of carbonyl (C=O) groups excluding carboxylic acids is 2. The molecule has 3 N–H and O–H groups in total. The van der Waals surface area contributed by atoms with Crippen LogP contribution in [0.4, 0.5) is 11.4 Å². The van der Waals surface area contributed by atoms with E-state index >= 15 is 0 Å². The molecule has 2 amide bonds. The number of nitrogens with zero attached hydrogens (tertiary/aromatic N) is 2. The van der Waals surface area contributed by atoms with E-state index in [0.29, 0.717) is 43.7 Å². The number of rotatable bonds is 5. The summed E-state index contributed by atoms with van der Waals surface area (Å²) < 4.78 is 5.44. The van der Waals surface area contributed by atoms with Gasteiger partial charge in [0.2, 0.25) is 0 Å². The Morgan fingerprint density at radius 1 is 1.03 bits per heavy atom. The highest BCUT2D eigenvalue weighted by Gasteiger charge is 2.33. The first-order chi connectivity index (χ1) is 17.3. The standard InChI is InChI=1S/C28H35N5O3/c1-28(2,3)21-17-19(25(34)32-27-29-11-12-30-27)9-10-22(21)31-23-6-4-5-20(24(23)18-7-8-18)26(35)33-13-15-36-16-14-33/h4-6,9-10,17-18,31H,7-8,11-16H2,1-3H3,(H2,29,30,32,34).